The molecule has 0 atom stereocenters. The molecule has 0 bridgehead atoms. The second-order valence-electron chi connectivity index (χ2n) is 7.68. The molecule has 0 spiro atoms. The van der Waals surface area contributed by atoms with Gasteiger partial charge < -0.3 is 9.32 Å². The lowest BCUT2D eigenvalue weighted by Crippen LogP contribution is -2.31. The predicted octanol–water partition coefficient (Wildman–Crippen LogP) is 4.04. The molecule has 0 radical (unpaired) electrons. The Labute approximate surface area is 186 Å². The third kappa shape index (κ3) is 5.19. The van der Waals surface area contributed by atoms with Crippen LogP contribution < -0.4 is 0 Å². The van der Waals surface area contributed by atoms with Crippen LogP contribution in [0.3, 0.4) is 0 Å². The van der Waals surface area contributed by atoms with E-state index in [2.05, 4.69) is 49.2 Å². The zero-order valence-corrected chi connectivity index (χ0v) is 18.6. The number of likely N-dealkylation sites (tertiary alicyclic amines) is 1. The number of benzene rings is 1. The van der Waals surface area contributed by atoms with Crippen molar-refractivity contribution in [1.29, 1.82) is 0 Å². The second-order valence-corrected chi connectivity index (χ2v) is 8.12. The Bertz CT molecular complexity index is 1080. The molecule has 3 aromatic rings. The molecule has 0 aliphatic carbocycles. The summed E-state index contributed by atoms with van der Waals surface area (Å²) in [5, 5.41) is 21.2. The van der Waals surface area contributed by atoms with E-state index in [4.69, 9.17) is 16.0 Å². The quantitative estimate of drug-likeness (QED) is 0.513. The van der Waals surface area contributed by atoms with Crippen molar-refractivity contribution < 1.29 is 4.42 Å². The topological polar surface area (TPSA) is 85.8 Å². The van der Waals surface area contributed by atoms with E-state index in [0.717, 1.165) is 55.1 Å². The number of allylic oxidation sites excluding steroid dienone is 1. The summed E-state index contributed by atoms with van der Waals surface area (Å²) in [6, 6.07) is 5.81. The van der Waals surface area contributed by atoms with Crippen molar-refractivity contribution in [3.8, 4) is 0 Å². The first-order valence-corrected chi connectivity index (χ1v) is 10.9. The second kappa shape index (κ2) is 9.43. The molecule has 4 rings (SSSR count). The highest BCUT2D eigenvalue weighted by atomic mass is 35.5. The molecule has 9 heteroatoms. The number of piperidine rings is 1. The van der Waals surface area contributed by atoms with Crippen molar-refractivity contribution in [2.24, 2.45) is 0 Å². The van der Waals surface area contributed by atoms with Gasteiger partial charge in [0.2, 0.25) is 11.8 Å². The molecule has 1 aliphatic rings. The first-order chi connectivity index (χ1) is 15.0. The molecular weight excluding hydrogens is 414 g/mol. The molecule has 1 aliphatic heterocycles. The highest BCUT2D eigenvalue weighted by molar-refractivity contribution is 6.30. The van der Waals surface area contributed by atoms with Crippen LogP contribution in [-0.4, -0.2) is 48.4 Å². The summed E-state index contributed by atoms with van der Waals surface area (Å²) in [4.78, 5) is 3.86. The first-order valence-electron chi connectivity index (χ1n) is 10.5. The molecule has 0 saturated carbocycles. The highest BCUT2D eigenvalue weighted by Gasteiger charge is 2.25. The average molecular weight is 440 g/mol. The maximum Gasteiger partial charge on any atom is 0.219 e. The third-order valence-corrected chi connectivity index (χ3v) is 5.70. The minimum absolute atomic E-state index is 0.322. The maximum absolute atomic E-state index is 6.21. The Balaban J connectivity index is 1.39. The van der Waals surface area contributed by atoms with E-state index >= 15 is 0 Å². The fraction of sp³-hybridized carbons (Fsp3) is 0.409. The van der Waals surface area contributed by atoms with Gasteiger partial charge in [0.1, 0.15) is 0 Å². The van der Waals surface area contributed by atoms with Crippen LogP contribution in [-0.2, 0) is 13.0 Å². The third-order valence-electron chi connectivity index (χ3n) is 5.46. The molecular formula is C22H26ClN7O. The summed E-state index contributed by atoms with van der Waals surface area (Å²) in [6.07, 6.45) is 6.83. The van der Waals surface area contributed by atoms with Crippen molar-refractivity contribution in [2.45, 2.75) is 45.6 Å². The molecule has 1 fully saturated rings. The van der Waals surface area contributed by atoms with Gasteiger partial charge in [-0.1, -0.05) is 37.2 Å². The summed E-state index contributed by atoms with van der Waals surface area (Å²) < 4.78 is 5.74. The van der Waals surface area contributed by atoms with Gasteiger partial charge in [0.15, 0.2) is 5.82 Å². The standard InChI is InChI=1S/C22H26ClN7O/c1-4-21-25-26-22(31-21)18-9-11-29(12-10-18)15(2)5-6-17-7-8-20(23)13-19(17)14-30-27-16(3)24-28-30/h5-8,13,18H,2,4,9-12,14H2,1,3H3/b6-5+. The van der Waals surface area contributed by atoms with Crippen LogP contribution in [0, 0.1) is 6.92 Å². The average Bonchev–Trinajstić information content (AvgIpc) is 3.42. The Morgan fingerprint density at radius 3 is 2.74 bits per heavy atom. The first kappa shape index (κ1) is 21.2. The lowest BCUT2D eigenvalue weighted by atomic mass is 9.96. The molecule has 8 nitrogen and oxygen atoms in total. The zero-order chi connectivity index (χ0) is 21.8. The molecule has 31 heavy (non-hydrogen) atoms. The minimum atomic E-state index is 0.322. The van der Waals surface area contributed by atoms with Gasteiger partial charge in [-0.3, -0.25) is 0 Å². The molecule has 1 aromatic carbocycles. The van der Waals surface area contributed by atoms with Gasteiger partial charge in [-0.2, -0.15) is 4.80 Å². The van der Waals surface area contributed by atoms with Gasteiger partial charge >= 0.3 is 0 Å². The van der Waals surface area contributed by atoms with Gasteiger partial charge in [-0.25, -0.2) is 0 Å². The molecule has 0 amide bonds. The number of hydrogen-bond donors (Lipinski definition) is 0. The van der Waals surface area contributed by atoms with Gasteiger partial charge in [0, 0.05) is 36.1 Å². The largest absolute Gasteiger partial charge is 0.425 e. The van der Waals surface area contributed by atoms with E-state index in [0.29, 0.717) is 29.2 Å². The Morgan fingerprint density at radius 1 is 1.26 bits per heavy atom. The molecule has 1 saturated heterocycles. The van der Waals surface area contributed by atoms with E-state index in [9.17, 15) is 0 Å². The number of aryl methyl sites for hydroxylation is 2. The van der Waals surface area contributed by atoms with Gasteiger partial charge in [0.25, 0.3) is 0 Å². The van der Waals surface area contributed by atoms with Crippen LogP contribution in [0.1, 0.15) is 54.4 Å². The van der Waals surface area contributed by atoms with Crippen LogP contribution in [0.25, 0.3) is 6.08 Å². The Morgan fingerprint density at radius 2 is 2.06 bits per heavy atom. The maximum atomic E-state index is 6.21. The molecule has 0 N–H and O–H groups in total. The number of halogens is 1. The summed E-state index contributed by atoms with van der Waals surface area (Å²) in [5.41, 5.74) is 3.05. The minimum Gasteiger partial charge on any atom is -0.425 e. The van der Waals surface area contributed by atoms with E-state index in [1.54, 1.807) is 4.80 Å². The number of tetrazole rings is 1. The molecule has 3 heterocycles. The fourth-order valence-electron chi connectivity index (χ4n) is 3.70. The lowest BCUT2D eigenvalue weighted by molar-refractivity contribution is 0.248. The summed E-state index contributed by atoms with van der Waals surface area (Å²) >= 11 is 6.21. The van der Waals surface area contributed by atoms with E-state index in [-0.39, 0.29) is 0 Å². The zero-order valence-electron chi connectivity index (χ0n) is 17.8. The number of aromatic nitrogens is 6. The van der Waals surface area contributed by atoms with Gasteiger partial charge in [-0.05, 0) is 54.3 Å². The van der Waals surface area contributed by atoms with E-state index < -0.39 is 0 Å². The number of rotatable bonds is 7. The summed E-state index contributed by atoms with van der Waals surface area (Å²) in [6.45, 7) is 10.4. The van der Waals surface area contributed by atoms with Crippen molar-refractivity contribution in [3.63, 3.8) is 0 Å². The highest BCUT2D eigenvalue weighted by Crippen LogP contribution is 2.29. The molecule has 162 valence electrons. The predicted molar refractivity (Wildman–Crippen MR) is 119 cm³/mol. The van der Waals surface area contributed by atoms with E-state index in [1.807, 2.05) is 32.0 Å². The smallest absolute Gasteiger partial charge is 0.219 e. The molecule has 2 aromatic heterocycles. The number of nitrogens with zero attached hydrogens (tertiary/aromatic N) is 7. The van der Waals surface area contributed by atoms with Gasteiger partial charge in [0.05, 0.1) is 6.54 Å². The number of hydrogen-bond acceptors (Lipinski definition) is 7. The van der Waals surface area contributed by atoms with Gasteiger partial charge in [-0.15, -0.1) is 20.4 Å². The Kier molecular flexibility index (Phi) is 6.46. The van der Waals surface area contributed by atoms with Crippen molar-refractivity contribution in [3.05, 3.63) is 70.3 Å². The SMILES string of the molecule is C=C(/C=C/c1ccc(Cl)cc1Cn1nnc(C)n1)N1CCC(c2nnc(CC)o2)CC1. The lowest BCUT2D eigenvalue weighted by Gasteiger charge is -2.32. The van der Waals surface area contributed by atoms with Crippen LogP contribution in [0.5, 0.6) is 0 Å². The van der Waals surface area contributed by atoms with Crippen molar-refractivity contribution >= 4 is 17.7 Å². The fourth-order valence-corrected chi connectivity index (χ4v) is 3.89. The Hall–Kier alpha value is -3.00. The monoisotopic (exact) mass is 439 g/mol. The van der Waals surface area contributed by atoms with Crippen LogP contribution in [0.4, 0.5) is 0 Å². The van der Waals surface area contributed by atoms with Crippen molar-refractivity contribution in [1.82, 2.24) is 35.3 Å². The molecule has 0 unspecified atom stereocenters. The summed E-state index contributed by atoms with van der Waals surface area (Å²) in [7, 11) is 0. The summed E-state index contributed by atoms with van der Waals surface area (Å²) in [5.74, 6) is 2.44. The normalized spacial score (nSPS) is 15.1. The van der Waals surface area contributed by atoms with Crippen molar-refractivity contribution in [2.75, 3.05) is 13.1 Å². The van der Waals surface area contributed by atoms with Crippen LogP contribution in [0.2, 0.25) is 5.02 Å². The van der Waals surface area contributed by atoms with Crippen LogP contribution in [0.15, 0.2) is 41.0 Å². The van der Waals surface area contributed by atoms with E-state index in [1.165, 1.54) is 0 Å². The van der Waals surface area contributed by atoms with Crippen LogP contribution >= 0.6 is 11.6 Å².